The first-order valence-corrected chi connectivity index (χ1v) is 22.6. The predicted octanol–water partition coefficient (Wildman–Crippen LogP) is 5.14. The number of pyridine rings is 2. The van der Waals surface area contributed by atoms with E-state index in [1.165, 1.54) is 15.6 Å². The molecule has 4 heterocycles. The van der Waals surface area contributed by atoms with E-state index in [2.05, 4.69) is 0 Å². The molecule has 0 fully saturated rings. The molecular formula is C52H58N6O10. The summed E-state index contributed by atoms with van der Waals surface area (Å²) < 4.78 is 19.5. The second kappa shape index (κ2) is 23.0. The first-order valence-electron chi connectivity index (χ1n) is 22.6. The SMILES string of the molecule is CCCCOc1c2n(c(CO)cc1=O)N(C(c1ccccc1)c1ccccc1)CN(CCOC)C2=O.COCCN1CN(C(c2ccccc2)c2ccccc2)n2c(CO)cc(=O)c(O)c2C1=O. The summed E-state index contributed by atoms with van der Waals surface area (Å²) in [7, 11) is 3.13. The van der Waals surface area contributed by atoms with Gasteiger partial charge >= 0.3 is 0 Å². The molecule has 6 aromatic rings. The molecule has 16 nitrogen and oxygen atoms in total. The molecule has 0 unspecified atom stereocenters. The van der Waals surface area contributed by atoms with Gasteiger partial charge in [-0.05, 0) is 28.7 Å². The van der Waals surface area contributed by atoms with E-state index in [1.54, 1.807) is 23.8 Å². The van der Waals surface area contributed by atoms with Crippen LogP contribution in [0.2, 0.25) is 0 Å². The van der Waals surface area contributed by atoms with Gasteiger partial charge in [-0.2, -0.15) is 0 Å². The highest BCUT2D eigenvalue weighted by Gasteiger charge is 2.40. The molecule has 8 rings (SSSR count). The Morgan fingerprint density at radius 1 is 0.544 bits per heavy atom. The maximum absolute atomic E-state index is 13.8. The molecule has 0 atom stereocenters. The number of rotatable bonds is 18. The van der Waals surface area contributed by atoms with Crippen molar-refractivity contribution in [1.29, 1.82) is 0 Å². The zero-order chi connectivity index (χ0) is 48.2. The Kier molecular flexibility index (Phi) is 16.5. The average molecular weight is 927 g/mol. The van der Waals surface area contributed by atoms with E-state index in [-0.39, 0.29) is 60.7 Å². The van der Waals surface area contributed by atoms with Crippen molar-refractivity contribution >= 4 is 11.8 Å². The van der Waals surface area contributed by atoms with Crippen molar-refractivity contribution in [2.45, 2.75) is 45.1 Å². The van der Waals surface area contributed by atoms with E-state index in [0.29, 0.717) is 32.1 Å². The van der Waals surface area contributed by atoms with Crippen LogP contribution in [-0.2, 0) is 22.7 Å². The monoisotopic (exact) mass is 926 g/mol. The Balaban J connectivity index is 0.000000203. The maximum atomic E-state index is 13.8. The summed E-state index contributed by atoms with van der Waals surface area (Å²) in [6.45, 7) is 3.13. The molecular weight excluding hydrogens is 869 g/mol. The highest BCUT2D eigenvalue weighted by atomic mass is 16.5. The largest absolute Gasteiger partial charge is 0.502 e. The van der Waals surface area contributed by atoms with Gasteiger partial charge in [0.2, 0.25) is 10.9 Å². The molecule has 3 N–H and O–H groups in total. The minimum atomic E-state index is -0.710. The Labute approximate surface area is 394 Å². The number of aromatic hydroxyl groups is 1. The first-order chi connectivity index (χ1) is 33.2. The fraction of sp³-hybridized carbons (Fsp3) is 0.308. The van der Waals surface area contributed by atoms with Gasteiger partial charge in [0.05, 0.1) is 56.5 Å². The number of fused-ring (bicyclic) bond motifs is 2. The number of methoxy groups -OCH3 is 2. The van der Waals surface area contributed by atoms with E-state index >= 15 is 0 Å². The molecule has 16 heteroatoms. The van der Waals surface area contributed by atoms with Crippen molar-refractivity contribution in [3.8, 4) is 11.5 Å². The molecule has 0 radical (unpaired) electrons. The molecule has 0 aliphatic carbocycles. The first kappa shape index (κ1) is 48.7. The highest BCUT2D eigenvalue weighted by Crippen LogP contribution is 2.35. The fourth-order valence-electron chi connectivity index (χ4n) is 8.59. The Bertz CT molecular complexity index is 2660. The van der Waals surface area contributed by atoms with Crippen LogP contribution in [0.15, 0.2) is 143 Å². The maximum Gasteiger partial charge on any atom is 0.277 e. The molecule has 356 valence electrons. The molecule has 0 spiro atoms. The number of aromatic nitrogens is 2. The molecule has 2 aliphatic heterocycles. The molecule has 4 aromatic carbocycles. The number of nitrogens with zero attached hydrogens (tertiary/aromatic N) is 6. The predicted molar refractivity (Wildman–Crippen MR) is 257 cm³/mol. The molecule has 68 heavy (non-hydrogen) atoms. The lowest BCUT2D eigenvalue weighted by atomic mass is 9.98. The highest BCUT2D eigenvalue weighted by molar-refractivity contribution is 5.97. The quantitative estimate of drug-likeness (QED) is 0.0969. The summed E-state index contributed by atoms with van der Waals surface area (Å²) in [6.07, 6.45) is 1.64. The van der Waals surface area contributed by atoms with Gasteiger partial charge in [0.15, 0.2) is 22.9 Å². The molecule has 2 aromatic heterocycles. The van der Waals surface area contributed by atoms with E-state index in [4.69, 9.17) is 14.2 Å². The normalized spacial score (nSPS) is 13.4. The van der Waals surface area contributed by atoms with Gasteiger partial charge in [-0.1, -0.05) is 135 Å². The lowest BCUT2D eigenvalue weighted by Gasteiger charge is -2.45. The number of hydrogen-bond donors (Lipinski definition) is 3. The fourth-order valence-corrected chi connectivity index (χ4v) is 8.59. The molecule has 0 saturated heterocycles. The second-order valence-corrected chi connectivity index (χ2v) is 16.2. The Morgan fingerprint density at radius 3 is 1.31 bits per heavy atom. The van der Waals surface area contributed by atoms with Crippen LogP contribution < -0.4 is 25.6 Å². The Hall–Kier alpha value is -7.24. The lowest BCUT2D eigenvalue weighted by molar-refractivity contribution is 0.0601. The van der Waals surface area contributed by atoms with Crippen molar-refractivity contribution in [3.05, 3.63) is 199 Å². The summed E-state index contributed by atoms with van der Waals surface area (Å²) in [5.74, 6) is -1.46. The van der Waals surface area contributed by atoms with Crippen LogP contribution in [0.4, 0.5) is 0 Å². The number of aliphatic hydroxyl groups excluding tert-OH is 2. The molecule has 2 aliphatic rings. The van der Waals surface area contributed by atoms with Crippen LogP contribution in [0.3, 0.4) is 0 Å². The van der Waals surface area contributed by atoms with Gasteiger partial charge in [-0.25, -0.2) is 9.35 Å². The number of aliphatic hydroxyl groups is 2. The third-order valence-corrected chi connectivity index (χ3v) is 11.8. The van der Waals surface area contributed by atoms with Gasteiger partial charge in [-0.3, -0.25) is 29.2 Å². The van der Waals surface area contributed by atoms with Crippen LogP contribution in [0, 0.1) is 0 Å². The van der Waals surface area contributed by atoms with E-state index in [1.807, 2.05) is 138 Å². The molecule has 0 bridgehead atoms. The van der Waals surface area contributed by atoms with Crippen molar-refractivity contribution < 1.29 is 39.1 Å². The van der Waals surface area contributed by atoms with Crippen molar-refractivity contribution in [3.63, 3.8) is 0 Å². The number of carbonyl (C=O) groups excluding carboxylic acids is 2. The van der Waals surface area contributed by atoms with Crippen molar-refractivity contribution in [1.82, 2.24) is 19.2 Å². The van der Waals surface area contributed by atoms with E-state index < -0.39 is 35.7 Å². The average Bonchev–Trinajstić information content (AvgIpc) is 3.37. The van der Waals surface area contributed by atoms with E-state index in [0.717, 1.165) is 41.2 Å². The summed E-state index contributed by atoms with van der Waals surface area (Å²) in [5.41, 5.74) is 3.30. The van der Waals surface area contributed by atoms with Crippen molar-refractivity contribution in [2.75, 3.05) is 70.5 Å². The van der Waals surface area contributed by atoms with Gasteiger partial charge in [0, 0.05) is 39.4 Å². The van der Waals surface area contributed by atoms with Crippen molar-refractivity contribution in [2.24, 2.45) is 0 Å². The molecule has 0 saturated carbocycles. The van der Waals surface area contributed by atoms with Crippen LogP contribution in [0.25, 0.3) is 0 Å². The van der Waals surface area contributed by atoms with Crippen LogP contribution in [0.1, 0.15) is 86.5 Å². The second-order valence-electron chi connectivity index (χ2n) is 16.2. The summed E-state index contributed by atoms with van der Waals surface area (Å²) in [5, 5.41) is 34.8. The number of amides is 2. The number of unbranched alkanes of at least 4 members (excludes halogenated alkanes) is 1. The van der Waals surface area contributed by atoms with Crippen LogP contribution in [-0.4, -0.2) is 107 Å². The molecule has 2 amide bonds. The van der Waals surface area contributed by atoms with Gasteiger partial charge < -0.3 is 39.3 Å². The lowest BCUT2D eigenvalue weighted by Crippen LogP contribution is -2.57. The smallest absolute Gasteiger partial charge is 0.277 e. The third-order valence-electron chi connectivity index (χ3n) is 11.8. The topological polar surface area (TPSA) is 179 Å². The van der Waals surface area contributed by atoms with Crippen LogP contribution >= 0.6 is 0 Å². The number of ether oxygens (including phenoxy) is 3. The minimum absolute atomic E-state index is 0.0117. The van der Waals surface area contributed by atoms with Crippen LogP contribution in [0.5, 0.6) is 11.5 Å². The van der Waals surface area contributed by atoms with Gasteiger partial charge in [-0.15, -0.1) is 0 Å². The Morgan fingerprint density at radius 2 is 0.926 bits per heavy atom. The number of hydrogen-bond acceptors (Lipinski definition) is 12. The van der Waals surface area contributed by atoms with E-state index in [9.17, 15) is 34.5 Å². The summed E-state index contributed by atoms with van der Waals surface area (Å²) in [4.78, 5) is 55.6. The third kappa shape index (κ3) is 10.3. The summed E-state index contributed by atoms with van der Waals surface area (Å²) in [6, 6.07) is 41.3. The zero-order valence-corrected chi connectivity index (χ0v) is 38.5. The van der Waals surface area contributed by atoms with Gasteiger partial charge in [0.1, 0.15) is 13.3 Å². The number of carbonyl (C=O) groups is 2. The number of benzene rings is 4. The minimum Gasteiger partial charge on any atom is -0.502 e. The summed E-state index contributed by atoms with van der Waals surface area (Å²) >= 11 is 0. The van der Waals surface area contributed by atoms with Gasteiger partial charge in [0.25, 0.3) is 11.8 Å². The standard InChI is InChI=1S/C28H33N3O5.C24H25N3O5/c1-3-4-16-36-27-24(33)18-23(19-32)31-26(27)28(34)29(15-17-35-2)20-30(31)25(21-11-7-5-8-12-21)22-13-9-6-10-14-22;1-32-13-12-25-16-26(27-19(15-28)14-20(29)23(30)22(27)24(25)31)21(17-8-4-2-5-9-17)18-10-6-3-7-11-18/h5-14,18,25,32H,3-4,15-17,19-20H2,1-2H3;2-11,14,21,28,30H,12-13,15-16H2,1H3. The zero-order valence-electron chi connectivity index (χ0n) is 38.5.